The van der Waals surface area contributed by atoms with Gasteiger partial charge in [0.05, 0.1) is 30.3 Å². The molecule has 0 atom stereocenters. The number of carbonyl (C=O) groups excluding carboxylic acids is 1. The Morgan fingerprint density at radius 2 is 1.79 bits per heavy atom. The average molecular weight is 423 g/mol. The van der Waals surface area contributed by atoms with Crippen molar-refractivity contribution in [3.63, 3.8) is 0 Å². The number of benzene rings is 3. The molecule has 0 saturated carbocycles. The van der Waals surface area contributed by atoms with E-state index in [9.17, 15) is 4.79 Å². The second kappa shape index (κ2) is 8.64. The molecule has 3 aromatic carbocycles. The number of halogens is 1. The number of amides is 1. The topological polar surface area (TPSA) is 42.4 Å². The molecule has 0 saturated heterocycles. The monoisotopic (exact) mass is 422 g/mol. The number of thiazole rings is 1. The molecule has 0 aliphatic heterocycles. The summed E-state index contributed by atoms with van der Waals surface area (Å²) in [6.07, 6.45) is 0.285. The van der Waals surface area contributed by atoms with E-state index in [0.29, 0.717) is 16.7 Å². The molecule has 0 unspecified atom stereocenters. The van der Waals surface area contributed by atoms with Crippen molar-refractivity contribution in [2.75, 3.05) is 12.0 Å². The maximum Gasteiger partial charge on any atom is 0.233 e. The van der Waals surface area contributed by atoms with Gasteiger partial charge >= 0.3 is 0 Å². The molecule has 1 heterocycles. The Bertz CT molecular complexity index is 1130. The lowest BCUT2D eigenvalue weighted by molar-refractivity contribution is -0.118. The van der Waals surface area contributed by atoms with E-state index in [1.165, 1.54) is 11.3 Å². The Morgan fingerprint density at radius 1 is 1.03 bits per heavy atom. The third-order valence-electron chi connectivity index (χ3n) is 4.57. The van der Waals surface area contributed by atoms with E-state index < -0.39 is 0 Å². The van der Waals surface area contributed by atoms with Crippen LogP contribution in [0.3, 0.4) is 0 Å². The number of rotatable bonds is 6. The number of nitrogens with zero attached hydrogens (tertiary/aromatic N) is 2. The third-order valence-corrected chi connectivity index (χ3v) is 5.85. The van der Waals surface area contributed by atoms with E-state index in [4.69, 9.17) is 16.3 Å². The molecule has 1 amide bonds. The number of hydrogen-bond donors (Lipinski definition) is 0. The van der Waals surface area contributed by atoms with Gasteiger partial charge in [-0.3, -0.25) is 9.69 Å². The number of ether oxygens (including phenoxy) is 1. The Morgan fingerprint density at radius 3 is 2.52 bits per heavy atom. The zero-order valence-electron chi connectivity index (χ0n) is 15.8. The fourth-order valence-electron chi connectivity index (χ4n) is 3.04. The molecular formula is C23H19ClN2O2S. The van der Waals surface area contributed by atoms with Crippen molar-refractivity contribution >= 4 is 44.2 Å². The second-order valence-electron chi connectivity index (χ2n) is 6.60. The molecule has 0 bridgehead atoms. The maximum atomic E-state index is 13.3. The minimum absolute atomic E-state index is 0.0100. The highest BCUT2D eigenvalue weighted by atomic mass is 35.5. The van der Waals surface area contributed by atoms with Gasteiger partial charge in [-0.1, -0.05) is 65.4 Å². The first kappa shape index (κ1) is 19.4. The number of methoxy groups -OCH3 is 1. The molecule has 0 aliphatic rings. The Kier molecular flexibility index (Phi) is 5.79. The molecule has 0 N–H and O–H groups in total. The summed E-state index contributed by atoms with van der Waals surface area (Å²) in [5, 5.41) is 1.33. The summed E-state index contributed by atoms with van der Waals surface area (Å²) in [5.41, 5.74) is 2.82. The number of aromatic nitrogens is 1. The Balaban J connectivity index is 1.65. The average Bonchev–Trinajstić information content (AvgIpc) is 3.16. The fraction of sp³-hybridized carbons (Fsp3) is 0.130. The van der Waals surface area contributed by atoms with Crippen LogP contribution in [-0.2, 0) is 17.8 Å². The van der Waals surface area contributed by atoms with Gasteiger partial charge in [-0.25, -0.2) is 4.98 Å². The number of carbonyl (C=O) groups is 1. The van der Waals surface area contributed by atoms with Crippen LogP contribution >= 0.6 is 22.9 Å². The van der Waals surface area contributed by atoms with Gasteiger partial charge in [-0.2, -0.15) is 0 Å². The van der Waals surface area contributed by atoms with Crippen molar-refractivity contribution in [2.45, 2.75) is 13.0 Å². The van der Waals surface area contributed by atoms with Gasteiger partial charge in [-0.05, 0) is 41.5 Å². The third kappa shape index (κ3) is 4.58. The molecule has 29 heavy (non-hydrogen) atoms. The summed E-state index contributed by atoms with van der Waals surface area (Å²) >= 11 is 7.59. The van der Waals surface area contributed by atoms with Gasteiger partial charge in [0, 0.05) is 5.02 Å². The first-order valence-electron chi connectivity index (χ1n) is 9.16. The summed E-state index contributed by atoms with van der Waals surface area (Å²) in [6, 6.07) is 23.1. The van der Waals surface area contributed by atoms with Crippen molar-refractivity contribution < 1.29 is 9.53 Å². The van der Waals surface area contributed by atoms with E-state index in [-0.39, 0.29) is 12.3 Å². The summed E-state index contributed by atoms with van der Waals surface area (Å²) in [5.74, 6) is 0.759. The highest BCUT2D eigenvalue weighted by Gasteiger charge is 2.20. The van der Waals surface area contributed by atoms with Gasteiger partial charge in [0.15, 0.2) is 5.13 Å². The number of fused-ring (bicyclic) bond motifs is 1. The Labute approximate surface area is 178 Å². The smallest absolute Gasteiger partial charge is 0.233 e. The predicted octanol–water partition coefficient (Wildman–Crippen LogP) is 5.73. The van der Waals surface area contributed by atoms with Gasteiger partial charge in [0.25, 0.3) is 0 Å². The van der Waals surface area contributed by atoms with Crippen molar-refractivity contribution in [3.8, 4) is 5.75 Å². The van der Waals surface area contributed by atoms with Crippen molar-refractivity contribution in [3.05, 3.63) is 88.9 Å². The van der Waals surface area contributed by atoms with Crippen LogP contribution in [-0.4, -0.2) is 18.0 Å². The van der Waals surface area contributed by atoms with Crippen LogP contribution in [0, 0.1) is 0 Å². The quantitative estimate of drug-likeness (QED) is 0.398. The summed E-state index contributed by atoms with van der Waals surface area (Å²) < 4.78 is 6.16. The molecule has 4 aromatic rings. The van der Waals surface area contributed by atoms with Gasteiger partial charge < -0.3 is 4.74 Å². The molecular weight excluding hydrogens is 404 g/mol. The SMILES string of the molecule is COc1ccc(CC(=O)N(Cc2ccccc2)c2nc3ccc(Cl)cc3s2)cc1. The fourth-order valence-corrected chi connectivity index (χ4v) is 4.30. The van der Waals surface area contributed by atoms with Gasteiger partial charge in [-0.15, -0.1) is 0 Å². The van der Waals surface area contributed by atoms with Crippen LogP contribution in [0.15, 0.2) is 72.8 Å². The lowest BCUT2D eigenvalue weighted by Gasteiger charge is -2.20. The zero-order valence-corrected chi connectivity index (χ0v) is 17.4. The molecule has 1 aromatic heterocycles. The highest BCUT2D eigenvalue weighted by Crippen LogP contribution is 2.32. The van der Waals surface area contributed by atoms with E-state index in [1.54, 1.807) is 12.0 Å². The minimum Gasteiger partial charge on any atom is -0.497 e. The second-order valence-corrected chi connectivity index (χ2v) is 8.04. The molecule has 4 rings (SSSR count). The minimum atomic E-state index is -0.0100. The first-order valence-corrected chi connectivity index (χ1v) is 10.3. The van der Waals surface area contributed by atoms with Crippen LogP contribution < -0.4 is 9.64 Å². The predicted molar refractivity (Wildman–Crippen MR) is 119 cm³/mol. The van der Waals surface area contributed by atoms with E-state index in [0.717, 1.165) is 27.1 Å². The Hall–Kier alpha value is -2.89. The number of anilines is 1. The summed E-state index contributed by atoms with van der Waals surface area (Å²) in [6.45, 7) is 0.462. The van der Waals surface area contributed by atoms with E-state index >= 15 is 0 Å². The molecule has 6 heteroatoms. The molecule has 0 radical (unpaired) electrons. The number of hydrogen-bond acceptors (Lipinski definition) is 4. The van der Waals surface area contributed by atoms with Crippen LogP contribution in [0.25, 0.3) is 10.2 Å². The molecule has 0 spiro atoms. The van der Waals surface area contributed by atoms with Gasteiger partial charge in [0.2, 0.25) is 5.91 Å². The largest absolute Gasteiger partial charge is 0.497 e. The van der Waals surface area contributed by atoms with Crippen molar-refractivity contribution in [2.24, 2.45) is 0 Å². The van der Waals surface area contributed by atoms with Crippen LogP contribution in [0.2, 0.25) is 5.02 Å². The molecule has 0 aliphatic carbocycles. The van der Waals surface area contributed by atoms with Crippen molar-refractivity contribution in [1.82, 2.24) is 4.98 Å². The first-order chi connectivity index (χ1) is 14.1. The normalized spacial score (nSPS) is 10.8. The molecule has 0 fully saturated rings. The van der Waals surface area contributed by atoms with Crippen LogP contribution in [0.5, 0.6) is 5.75 Å². The van der Waals surface area contributed by atoms with E-state index in [1.807, 2.05) is 72.8 Å². The summed E-state index contributed by atoms with van der Waals surface area (Å²) in [4.78, 5) is 19.7. The highest BCUT2D eigenvalue weighted by molar-refractivity contribution is 7.22. The lowest BCUT2D eigenvalue weighted by atomic mass is 10.1. The summed E-state index contributed by atoms with van der Waals surface area (Å²) in [7, 11) is 1.63. The molecule has 4 nitrogen and oxygen atoms in total. The standard InChI is InChI=1S/C23H19ClN2O2S/c1-28-19-10-7-16(8-11-19)13-22(27)26(15-17-5-3-2-4-6-17)23-25-20-12-9-18(24)14-21(20)29-23/h2-12,14H,13,15H2,1H3. The van der Waals surface area contributed by atoms with Crippen LogP contribution in [0.1, 0.15) is 11.1 Å². The molecule has 146 valence electrons. The van der Waals surface area contributed by atoms with Gasteiger partial charge in [0.1, 0.15) is 5.75 Å². The van der Waals surface area contributed by atoms with E-state index in [2.05, 4.69) is 4.98 Å². The lowest BCUT2D eigenvalue weighted by Crippen LogP contribution is -2.31. The van der Waals surface area contributed by atoms with Crippen LogP contribution in [0.4, 0.5) is 5.13 Å². The van der Waals surface area contributed by atoms with Crippen molar-refractivity contribution in [1.29, 1.82) is 0 Å². The maximum absolute atomic E-state index is 13.3. The zero-order chi connectivity index (χ0) is 20.2.